The number of ether oxygens (including phenoxy) is 3. The van der Waals surface area contributed by atoms with E-state index in [-0.39, 0.29) is 30.3 Å². The summed E-state index contributed by atoms with van der Waals surface area (Å²) in [5.41, 5.74) is -0.534. The van der Waals surface area contributed by atoms with Crippen LogP contribution in [-0.4, -0.2) is 30.0 Å². The van der Waals surface area contributed by atoms with Gasteiger partial charge in [0.1, 0.15) is 5.76 Å². The highest BCUT2D eigenvalue weighted by Gasteiger charge is 2.29. The van der Waals surface area contributed by atoms with Gasteiger partial charge in [-0.2, -0.15) is 0 Å². The molecule has 1 aliphatic rings. The Hall–Kier alpha value is -3.75. The van der Waals surface area contributed by atoms with Crippen molar-refractivity contribution in [3.63, 3.8) is 0 Å². The number of pyridine rings is 1. The molecule has 3 heterocycles. The van der Waals surface area contributed by atoms with Crippen molar-refractivity contribution in [2.75, 3.05) is 13.9 Å². The van der Waals surface area contributed by atoms with Gasteiger partial charge in [-0.25, -0.2) is 0 Å². The van der Waals surface area contributed by atoms with E-state index in [2.05, 4.69) is 4.98 Å². The minimum Gasteiger partial charge on any atom is -0.502 e. The van der Waals surface area contributed by atoms with E-state index in [1.54, 1.807) is 18.2 Å². The Morgan fingerprint density at radius 3 is 2.66 bits per heavy atom. The lowest BCUT2D eigenvalue weighted by atomic mass is 9.92. The molecule has 9 heteroatoms. The van der Waals surface area contributed by atoms with E-state index in [0.29, 0.717) is 22.4 Å². The molecule has 0 spiro atoms. The molecule has 29 heavy (non-hydrogen) atoms. The Balaban J connectivity index is 1.93. The van der Waals surface area contributed by atoms with Gasteiger partial charge in [0, 0.05) is 23.1 Å². The van der Waals surface area contributed by atoms with Gasteiger partial charge in [-0.15, -0.1) is 0 Å². The summed E-state index contributed by atoms with van der Waals surface area (Å²) in [5, 5.41) is 10.9. The molecule has 4 rings (SSSR count). The number of rotatable bonds is 4. The van der Waals surface area contributed by atoms with E-state index in [1.807, 2.05) is 0 Å². The normalized spacial score (nSPS) is 13.4. The number of aryl methyl sites for hydroxylation is 1. The zero-order chi connectivity index (χ0) is 20.7. The van der Waals surface area contributed by atoms with Crippen molar-refractivity contribution >= 4 is 16.9 Å². The minimum absolute atomic E-state index is 0.0794. The van der Waals surface area contributed by atoms with Crippen molar-refractivity contribution in [2.24, 2.45) is 0 Å². The number of hydrogen-bond acceptors (Lipinski definition) is 8. The van der Waals surface area contributed by atoms with E-state index >= 15 is 0 Å². The van der Waals surface area contributed by atoms with Crippen LogP contribution in [0.4, 0.5) is 0 Å². The van der Waals surface area contributed by atoms with Crippen LogP contribution in [0.1, 0.15) is 29.4 Å². The van der Waals surface area contributed by atoms with E-state index in [4.69, 9.17) is 18.6 Å². The van der Waals surface area contributed by atoms with Crippen LogP contribution in [-0.2, 0) is 9.53 Å². The highest BCUT2D eigenvalue weighted by atomic mass is 16.7. The third kappa shape index (κ3) is 3.31. The van der Waals surface area contributed by atoms with Gasteiger partial charge in [0.05, 0.1) is 25.0 Å². The average molecular weight is 399 g/mol. The Morgan fingerprint density at radius 2 is 1.93 bits per heavy atom. The molecule has 0 saturated heterocycles. The number of nitrogens with one attached hydrogen (secondary N) is 1. The summed E-state index contributed by atoms with van der Waals surface area (Å²) in [6.07, 6.45) is -0.310. The number of aromatic amines is 1. The van der Waals surface area contributed by atoms with E-state index in [9.17, 15) is 19.5 Å². The smallest absolute Gasteiger partial charge is 0.306 e. The zero-order valence-corrected chi connectivity index (χ0v) is 15.6. The van der Waals surface area contributed by atoms with Gasteiger partial charge in [0.2, 0.25) is 18.0 Å². The lowest BCUT2D eigenvalue weighted by Crippen LogP contribution is -2.21. The summed E-state index contributed by atoms with van der Waals surface area (Å²) >= 11 is 0. The predicted molar refractivity (Wildman–Crippen MR) is 101 cm³/mol. The topological polar surface area (TPSA) is 128 Å². The first-order valence-corrected chi connectivity index (χ1v) is 8.74. The van der Waals surface area contributed by atoms with E-state index < -0.39 is 28.6 Å². The van der Waals surface area contributed by atoms with Crippen LogP contribution in [0, 0.1) is 6.92 Å². The van der Waals surface area contributed by atoms with E-state index in [0.717, 1.165) is 6.07 Å². The molecule has 9 nitrogen and oxygen atoms in total. The van der Waals surface area contributed by atoms with Crippen LogP contribution in [0.2, 0.25) is 0 Å². The van der Waals surface area contributed by atoms with Crippen LogP contribution in [0.15, 0.2) is 38.3 Å². The predicted octanol–water partition coefficient (Wildman–Crippen LogP) is 1.92. The molecule has 0 saturated carbocycles. The second-order valence-corrected chi connectivity index (χ2v) is 6.61. The number of aromatic hydroxyl groups is 1. The number of methoxy groups -OCH3 is 1. The summed E-state index contributed by atoms with van der Waals surface area (Å²) in [6, 6.07) is 6.02. The van der Waals surface area contributed by atoms with Crippen LogP contribution in [0.25, 0.3) is 10.9 Å². The van der Waals surface area contributed by atoms with Crippen LogP contribution in [0.3, 0.4) is 0 Å². The maximum Gasteiger partial charge on any atom is 0.306 e. The molecule has 1 atom stereocenters. The number of carbonyl (C=O) groups excluding carboxylic acids is 1. The summed E-state index contributed by atoms with van der Waals surface area (Å²) in [5.74, 6) is -1.24. The molecule has 3 aromatic rings. The van der Waals surface area contributed by atoms with Gasteiger partial charge in [-0.3, -0.25) is 14.4 Å². The molecule has 0 unspecified atom stereocenters. The molecular weight excluding hydrogens is 382 g/mol. The maximum absolute atomic E-state index is 12.8. The molecule has 0 fully saturated rings. The molecule has 1 aliphatic heterocycles. The SMILES string of the molecule is COC(=O)C[C@@H](c1oc(C)cc(=O)c1O)c1cc2cc3c(cc2[nH]c1=O)OCO3. The monoisotopic (exact) mass is 399 g/mol. The number of aromatic nitrogens is 1. The fraction of sp³-hybridized carbons (Fsp3) is 0.250. The highest BCUT2D eigenvalue weighted by Crippen LogP contribution is 2.37. The number of H-pyrrole nitrogens is 1. The number of esters is 1. The zero-order valence-electron chi connectivity index (χ0n) is 15.6. The third-order valence-electron chi connectivity index (χ3n) is 4.73. The Morgan fingerprint density at radius 1 is 1.21 bits per heavy atom. The van der Waals surface area contributed by atoms with Crippen molar-refractivity contribution in [2.45, 2.75) is 19.3 Å². The van der Waals surface area contributed by atoms with Gasteiger partial charge in [-0.05, 0) is 19.1 Å². The van der Waals surface area contributed by atoms with Gasteiger partial charge >= 0.3 is 5.97 Å². The summed E-state index contributed by atoms with van der Waals surface area (Å²) < 4.78 is 20.9. The van der Waals surface area contributed by atoms with Crippen LogP contribution >= 0.6 is 0 Å². The van der Waals surface area contributed by atoms with Crippen molar-refractivity contribution in [3.8, 4) is 17.2 Å². The van der Waals surface area contributed by atoms with Crippen molar-refractivity contribution < 1.29 is 28.5 Å². The molecule has 0 amide bonds. The molecule has 2 aromatic heterocycles. The quantitative estimate of drug-likeness (QED) is 0.637. The summed E-state index contributed by atoms with van der Waals surface area (Å²) in [4.78, 5) is 39.6. The average Bonchev–Trinajstić information content (AvgIpc) is 3.14. The van der Waals surface area contributed by atoms with Crippen molar-refractivity contribution in [1.82, 2.24) is 4.98 Å². The Kier molecular flexibility index (Phi) is 4.50. The lowest BCUT2D eigenvalue weighted by molar-refractivity contribution is -0.140. The molecule has 0 radical (unpaired) electrons. The largest absolute Gasteiger partial charge is 0.502 e. The fourth-order valence-electron chi connectivity index (χ4n) is 3.33. The summed E-state index contributed by atoms with van der Waals surface area (Å²) in [6.45, 7) is 1.61. The Labute approximate surface area is 163 Å². The molecule has 0 aliphatic carbocycles. The second-order valence-electron chi connectivity index (χ2n) is 6.61. The molecule has 0 bridgehead atoms. The van der Waals surface area contributed by atoms with Crippen molar-refractivity contribution in [1.29, 1.82) is 0 Å². The first-order valence-electron chi connectivity index (χ1n) is 8.74. The number of fused-ring (bicyclic) bond motifs is 2. The first kappa shape index (κ1) is 18.6. The minimum atomic E-state index is -1.03. The lowest BCUT2D eigenvalue weighted by Gasteiger charge is -2.17. The maximum atomic E-state index is 12.8. The summed E-state index contributed by atoms with van der Waals surface area (Å²) in [7, 11) is 1.21. The number of hydrogen-bond donors (Lipinski definition) is 2. The van der Waals surface area contributed by atoms with Gasteiger partial charge in [0.25, 0.3) is 5.56 Å². The van der Waals surface area contributed by atoms with E-state index in [1.165, 1.54) is 14.0 Å². The second kappa shape index (κ2) is 7.01. The standard InChI is InChI=1S/C20H17NO8/c1-9-3-14(22)18(24)19(29-9)11(6-17(23)26-2)12-4-10-5-15-16(28-8-27-15)7-13(10)21-20(12)25/h3-5,7,11,24H,6,8H2,1-2H3,(H,21,25)/t11-/m1/s1. The van der Waals surface area contributed by atoms with Gasteiger partial charge in [-0.1, -0.05) is 0 Å². The van der Waals surface area contributed by atoms with Crippen LogP contribution in [0.5, 0.6) is 17.2 Å². The van der Waals surface area contributed by atoms with Crippen LogP contribution < -0.4 is 20.5 Å². The number of carbonyl (C=O) groups is 1. The fourth-order valence-corrected chi connectivity index (χ4v) is 3.33. The highest BCUT2D eigenvalue weighted by molar-refractivity contribution is 5.83. The van der Waals surface area contributed by atoms with Gasteiger partial charge in [0.15, 0.2) is 17.3 Å². The van der Waals surface area contributed by atoms with Crippen molar-refractivity contribution in [3.05, 3.63) is 61.9 Å². The molecule has 2 N–H and O–H groups in total. The van der Waals surface area contributed by atoms with Gasteiger partial charge < -0.3 is 28.7 Å². The first-order chi connectivity index (χ1) is 13.9. The number of benzene rings is 1. The Bertz CT molecular complexity index is 1240. The third-order valence-corrected chi connectivity index (χ3v) is 4.73. The molecule has 150 valence electrons. The molecule has 1 aromatic carbocycles. The molecular formula is C20H17NO8.